The summed E-state index contributed by atoms with van der Waals surface area (Å²) in [5.41, 5.74) is 0.942. The van der Waals surface area contributed by atoms with Gasteiger partial charge in [0.05, 0.1) is 17.9 Å². The van der Waals surface area contributed by atoms with Crippen LogP contribution in [-0.2, 0) is 19.1 Å². The van der Waals surface area contributed by atoms with E-state index in [-0.39, 0.29) is 17.9 Å². The molecule has 0 spiro atoms. The minimum Gasteiger partial charge on any atom is -0.462 e. The molecular weight excluding hydrogens is 353 g/mol. The van der Waals surface area contributed by atoms with Gasteiger partial charge in [0.15, 0.2) is 6.61 Å². The number of esters is 2. The van der Waals surface area contributed by atoms with Gasteiger partial charge < -0.3 is 14.8 Å². The van der Waals surface area contributed by atoms with E-state index in [2.05, 4.69) is 5.32 Å². The van der Waals surface area contributed by atoms with Crippen LogP contribution in [0.5, 0.6) is 0 Å². The van der Waals surface area contributed by atoms with Crippen molar-refractivity contribution in [1.29, 1.82) is 0 Å². The first-order valence-corrected chi connectivity index (χ1v) is 8.16. The van der Waals surface area contributed by atoms with E-state index in [1.54, 1.807) is 25.1 Å². The number of nitrogens with one attached hydrogen (secondary N) is 1. The van der Waals surface area contributed by atoms with Gasteiger partial charge in [0, 0.05) is 6.08 Å². The Morgan fingerprint density at radius 1 is 1.07 bits per heavy atom. The molecule has 2 aromatic rings. The summed E-state index contributed by atoms with van der Waals surface area (Å²) in [6.45, 7) is 1.34. The van der Waals surface area contributed by atoms with Crippen molar-refractivity contribution in [3.63, 3.8) is 0 Å². The highest BCUT2D eigenvalue weighted by atomic mass is 19.1. The van der Waals surface area contributed by atoms with Gasteiger partial charge in [-0.05, 0) is 42.8 Å². The van der Waals surface area contributed by atoms with Crippen LogP contribution in [0.2, 0.25) is 0 Å². The Labute approximate surface area is 155 Å². The smallest absolute Gasteiger partial charge is 0.340 e. The van der Waals surface area contributed by atoms with Crippen LogP contribution < -0.4 is 5.32 Å². The minimum atomic E-state index is -0.756. The third-order valence-corrected chi connectivity index (χ3v) is 3.30. The highest BCUT2D eigenvalue weighted by Crippen LogP contribution is 2.16. The number of ether oxygens (including phenoxy) is 2. The maximum Gasteiger partial charge on any atom is 0.340 e. The topological polar surface area (TPSA) is 81.7 Å². The van der Waals surface area contributed by atoms with Crippen molar-refractivity contribution in [3.8, 4) is 0 Å². The largest absolute Gasteiger partial charge is 0.462 e. The van der Waals surface area contributed by atoms with Gasteiger partial charge in [-0.1, -0.05) is 24.3 Å². The van der Waals surface area contributed by atoms with Crippen molar-refractivity contribution in [2.45, 2.75) is 6.92 Å². The minimum absolute atomic E-state index is 0.199. The molecule has 0 aliphatic carbocycles. The fraction of sp³-hybridized carbons (Fsp3) is 0.150. The van der Waals surface area contributed by atoms with Gasteiger partial charge in [-0.25, -0.2) is 14.0 Å². The van der Waals surface area contributed by atoms with E-state index in [1.165, 1.54) is 36.4 Å². The third-order valence-electron chi connectivity index (χ3n) is 3.30. The van der Waals surface area contributed by atoms with Crippen LogP contribution in [-0.4, -0.2) is 31.1 Å². The normalized spacial score (nSPS) is 10.4. The Balaban J connectivity index is 1.89. The number of benzene rings is 2. The van der Waals surface area contributed by atoms with Crippen LogP contribution in [0.1, 0.15) is 22.8 Å². The molecule has 2 aromatic carbocycles. The molecule has 7 heteroatoms. The molecule has 0 saturated heterocycles. The predicted molar refractivity (Wildman–Crippen MR) is 97.4 cm³/mol. The lowest BCUT2D eigenvalue weighted by Crippen LogP contribution is -2.21. The molecule has 6 nitrogen and oxygen atoms in total. The van der Waals surface area contributed by atoms with Gasteiger partial charge in [0.25, 0.3) is 5.91 Å². The highest BCUT2D eigenvalue weighted by Gasteiger charge is 2.14. The van der Waals surface area contributed by atoms with Crippen LogP contribution in [0.3, 0.4) is 0 Å². The van der Waals surface area contributed by atoms with Crippen molar-refractivity contribution in [2.24, 2.45) is 0 Å². The average molecular weight is 371 g/mol. The number of para-hydroxylation sites is 1. The quantitative estimate of drug-likeness (QED) is 0.597. The summed E-state index contributed by atoms with van der Waals surface area (Å²) in [4.78, 5) is 35.5. The summed E-state index contributed by atoms with van der Waals surface area (Å²) in [6.07, 6.45) is 2.47. The second kappa shape index (κ2) is 9.86. The Morgan fingerprint density at radius 2 is 1.85 bits per heavy atom. The van der Waals surface area contributed by atoms with Crippen molar-refractivity contribution in [2.75, 3.05) is 18.5 Å². The van der Waals surface area contributed by atoms with E-state index in [0.717, 1.165) is 6.08 Å². The number of anilines is 1. The van der Waals surface area contributed by atoms with Crippen LogP contribution in [0.15, 0.2) is 54.6 Å². The molecule has 27 heavy (non-hydrogen) atoms. The van der Waals surface area contributed by atoms with E-state index in [1.807, 2.05) is 0 Å². The molecule has 1 N–H and O–H groups in total. The number of carbonyl (C=O) groups excluding carboxylic acids is 3. The first kappa shape index (κ1) is 19.8. The van der Waals surface area contributed by atoms with Gasteiger partial charge in [-0.3, -0.25) is 4.79 Å². The zero-order valence-corrected chi connectivity index (χ0v) is 14.6. The number of carbonyl (C=O) groups is 3. The van der Waals surface area contributed by atoms with Crippen molar-refractivity contribution in [3.05, 3.63) is 71.6 Å². The Kier molecular flexibility index (Phi) is 7.25. The maximum absolute atomic E-state index is 13.1. The van der Waals surface area contributed by atoms with E-state index in [9.17, 15) is 18.8 Å². The van der Waals surface area contributed by atoms with E-state index in [0.29, 0.717) is 5.56 Å². The van der Waals surface area contributed by atoms with Crippen LogP contribution in [0.4, 0.5) is 10.1 Å². The molecule has 0 aliphatic rings. The molecule has 0 aromatic heterocycles. The number of hydrogen-bond donors (Lipinski definition) is 1. The van der Waals surface area contributed by atoms with Gasteiger partial charge in [-0.2, -0.15) is 0 Å². The Morgan fingerprint density at radius 3 is 2.59 bits per heavy atom. The molecule has 0 radical (unpaired) electrons. The molecular formula is C20H18FNO5. The zero-order chi connectivity index (χ0) is 19.6. The summed E-state index contributed by atoms with van der Waals surface area (Å²) < 4.78 is 22.8. The van der Waals surface area contributed by atoms with E-state index >= 15 is 0 Å². The summed E-state index contributed by atoms with van der Waals surface area (Å²) in [7, 11) is 0. The summed E-state index contributed by atoms with van der Waals surface area (Å²) in [5, 5.41) is 2.50. The maximum atomic E-state index is 13.1. The van der Waals surface area contributed by atoms with E-state index < -0.39 is 30.3 Å². The molecule has 0 unspecified atom stereocenters. The van der Waals surface area contributed by atoms with Crippen LogP contribution >= 0.6 is 0 Å². The molecule has 1 amide bonds. The van der Waals surface area contributed by atoms with Gasteiger partial charge in [0.1, 0.15) is 5.82 Å². The third kappa shape index (κ3) is 6.39. The van der Waals surface area contributed by atoms with Gasteiger partial charge in [-0.15, -0.1) is 0 Å². The summed E-state index contributed by atoms with van der Waals surface area (Å²) in [5.74, 6) is -2.36. The number of hydrogen-bond acceptors (Lipinski definition) is 5. The molecule has 0 heterocycles. The van der Waals surface area contributed by atoms with Gasteiger partial charge >= 0.3 is 11.9 Å². The molecule has 0 atom stereocenters. The van der Waals surface area contributed by atoms with Crippen molar-refractivity contribution in [1.82, 2.24) is 0 Å². The number of rotatable bonds is 7. The predicted octanol–water partition coefficient (Wildman–Crippen LogP) is 3.20. The number of amides is 1. The molecule has 0 fully saturated rings. The SMILES string of the molecule is CCOC(=O)c1ccccc1NC(=O)COC(=O)/C=C/c1cccc(F)c1. The van der Waals surface area contributed by atoms with Crippen LogP contribution in [0, 0.1) is 5.82 Å². The molecule has 0 saturated carbocycles. The fourth-order valence-electron chi connectivity index (χ4n) is 2.12. The first-order valence-electron chi connectivity index (χ1n) is 8.16. The highest BCUT2D eigenvalue weighted by molar-refractivity contribution is 6.02. The zero-order valence-electron chi connectivity index (χ0n) is 14.6. The van der Waals surface area contributed by atoms with Gasteiger partial charge in [0.2, 0.25) is 0 Å². The average Bonchev–Trinajstić information content (AvgIpc) is 2.65. The molecule has 0 aliphatic heterocycles. The standard InChI is InChI=1S/C20H18FNO5/c1-2-26-20(25)16-8-3-4-9-17(16)22-18(23)13-27-19(24)11-10-14-6-5-7-15(21)12-14/h3-12H,2,13H2,1H3,(H,22,23)/b11-10+. The lowest BCUT2D eigenvalue weighted by molar-refractivity contribution is -0.142. The second-order valence-electron chi connectivity index (χ2n) is 5.31. The molecule has 140 valence electrons. The lowest BCUT2D eigenvalue weighted by Gasteiger charge is -2.10. The summed E-state index contributed by atoms with van der Waals surface area (Å²) in [6, 6.07) is 12.0. The molecule has 2 rings (SSSR count). The van der Waals surface area contributed by atoms with Crippen molar-refractivity contribution >= 4 is 29.6 Å². The fourth-order valence-corrected chi connectivity index (χ4v) is 2.12. The van der Waals surface area contributed by atoms with Crippen molar-refractivity contribution < 1.29 is 28.2 Å². The first-order chi connectivity index (χ1) is 13.0. The van der Waals surface area contributed by atoms with Crippen LogP contribution in [0.25, 0.3) is 6.08 Å². The molecule has 0 bridgehead atoms. The number of halogens is 1. The Hall–Kier alpha value is -3.48. The second-order valence-corrected chi connectivity index (χ2v) is 5.31. The monoisotopic (exact) mass is 371 g/mol. The lowest BCUT2D eigenvalue weighted by atomic mass is 10.2. The Bertz CT molecular complexity index is 863. The van der Waals surface area contributed by atoms with E-state index in [4.69, 9.17) is 9.47 Å². The summed E-state index contributed by atoms with van der Waals surface area (Å²) >= 11 is 0.